The van der Waals surface area contributed by atoms with Crippen LogP contribution < -0.4 is 5.32 Å². The Morgan fingerprint density at radius 1 is 1.38 bits per heavy atom. The molecule has 2 N–H and O–H groups in total. The lowest BCUT2D eigenvalue weighted by atomic mass is 10.3. The SMILES string of the molecule is CCOC(=O)c1cnn(C)c1NC(=O)CCn1ccc(C(=O)O)n1. The summed E-state index contributed by atoms with van der Waals surface area (Å²) in [6.45, 7) is 2.10. The first-order valence-corrected chi connectivity index (χ1v) is 7.18. The molecular formula is C14H17N5O5. The van der Waals surface area contributed by atoms with Gasteiger partial charge in [0.05, 0.1) is 12.8 Å². The van der Waals surface area contributed by atoms with E-state index in [1.54, 1.807) is 14.0 Å². The third-order valence-electron chi connectivity index (χ3n) is 3.12. The molecule has 2 aromatic heterocycles. The van der Waals surface area contributed by atoms with Crippen molar-refractivity contribution in [2.75, 3.05) is 11.9 Å². The summed E-state index contributed by atoms with van der Waals surface area (Å²) >= 11 is 0. The van der Waals surface area contributed by atoms with Crippen LogP contribution in [0.15, 0.2) is 18.5 Å². The average molecular weight is 335 g/mol. The number of anilines is 1. The first-order chi connectivity index (χ1) is 11.4. The molecule has 0 fully saturated rings. The summed E-state index contributed by atoms with van der Waals surface area (Å²) < 4.78 is 7.63. The molecule has 0 aromatic carbocycles. The summed E-state index contributed by atoms with van der Waals surface area (Å²) in [6, 6.07) is 1.35. The second-order valence-corrected chi connectivity index (χ2v) is 4.82. The van der Waals surface area contributed by atoms with Crippen LogP contribution in [0.4, 0.5) is 5.82 Å². The Bertz CT molecular complexity index is 763. The third-order valence-corrected chi connectivity index (χ3v) is 3.12. The Hall–Kier alpha value is -3.17. The molecule has 0 saturated heterocycles. The van der Waals surface area contributed by atoms with Crippen molar-refractivity contribution in [2.45, 2.75) is 19.9 Å². The topological polar surface area (TPSA) is 128 Å². The fraction of sp³-hybridized carbons (Fsp3) is 0.357. The van der Waals surface area contributed by atoms with Gasteiger partial charge in [-0.3, -0.25) is 14.2 Å². The van der Waals surface area contributed by atoms with E-state index in [4.69, 9.17) is 9.84 Å². The Morgan fingerprint density at radius 2 is 2.12 bits per heavy atom. The minimum atomic E-state index is -1.13. The number of hydrogen-bond donors (Lipinski definition) is 2. The third kappa shape index (κ3) is 3.97. The van der Waals surface area contributed by atoms with Gasteiger partial charge in [-0.2, -0.15) is 10.2 Å². The normalized spacial score (nSPS) is 10.4. The maximum Gasteiger partial charge on any atom is 0.356 e. The van der Waals surface area contributed by atoms with Crippen molar-refractivity contribution in [3.8, 4) is 0 Å². The van der Waals surface area contributed by atoms with Crippen molar-refractivity contribution in [1.29, 1.82) is 0 Å². The highest BCUT2D eigenvalue weighted by Crippen LogP contribution is 2.15. The van der Waals surface area contributed by atoms with Gasteiger partial charge >= 0.3 is 11.9 Å². The number of aromatic nitrogens is 4. The highest BCUT2D eigenvalue weighted by Gasteiger charge is 2.19. The number of ether oxygens (including phenoxy) is 1. The number of nitrogens with one attached hydrogen (secondary N) is 1. The van der Waals surface area contributed by atoms with E-state index in [9.17, 15) is 14.4 Å². The second-order valence-electron chi connectivity index (χ2n) is 4.82. The molecule has 0 aliphatic heterocycles. The van der Waals surface area contributed by atoms with Gasteiger partial charge in [0, 0.05) is 26.2 Å². The quantitative estimate of drug-likeness (QED) is 0.706. The largest absolute Gasteiger partial charge is 0.476 e. The van der Waals surface area contributed by atoms with Crippen LogP contribution in [0.3, 0.4) is 0 Å². The molecule has 24 heavy (non-hydrogen) atoms. The molecule has 2 aromatic rings. The molecule has 128 valence electrons. The zero-order valence-corrected chi connectivity index (χ0v) is 13.2. The number of carbonyl (C=O) groups is 3. The number of carboxylic acid groups (broad SMARTS) is 1. The summed E-state index contributed by atoms with van der Waals surface area (Å²) in [5.41, 5.74) is 0.0755. The molecular weight excluding hydrogens is 318 g/mol. The van der Waals surface area contributed by atoms with Gasteiger partial charge in [-0.05, 0) is 13.0 Å². The molecule has 0 aliphatic rings. The van der Waals surface area contributed by atoms with Gasteiger partial charge in [0.1, 0.15) is 11.4 Å². The van der Waals surface area contributed by atoms with E-state index in [0.29, 0.717) is 0 Å². The number of carbonyl (C=O) groups excluding carboxylic acids is 2. The number of aryl methyl sites for hydroxylation is 2. The van der Waals surface area contributed by atoms with E-state index < -0.39 is 11.9 Å². The molecule has 0 atom stereocenters. The zero-order valence-electron chi connectivity index (χ0n) is 13.2. The number of amides is 1. The van der Waals surface area contributed by atoms with E-state index in [-0.39, 0.29) is 42.6 Å². The number of carboxylic acids is 1. The van der Waals surface area contributed by atoms with Crippen LogP contribution in [0.25, 0.3) is 0 Å². The average Bonchev–Trinajstić information content (AvgIpc) is 3.13. The number of rotatable bonds is 7. The standard InChI is InChI=1S/C14H17N5O5/c1-3-24-14(23)9-8-15-18(2)12(9)16-11(20)5-7-19-6-4-10(17-19)13(21)22/h4,6,8H,3,5,7H2,1-2H3,(H,16,20)(H,21,22). The Labute approximate surface area is 137 Å². The van der Waals surface area contributed by atoms with Crippen LogP contribution in [-0.2, 0) is 23.1 Å². The van der Waals surface area contributed by atoms with Gasteiger partial charge in [-0.15, -0.1) is 0 Å². The van der Waals surface area contributed by atoms with E-state index in [1.807, 2.05) is 0 Å². The van der Waals surface area contributed by atoms with Crippen molar-refractivity contribution in [3.63, 3.8) is 0 Å². The summed E-state index contributed by atoms with van der Waals surface area (Å²) in [5.74, 6) is -1.83. The maximum atomic E-state index is 12.0. The van der Waals surface area contributed by atoms with Gasteiger partial charge in [0.15, 0.2) is 5.69 Å². The Kier molecular flexibility index (Phi) is 5.30. The fourth-order valence-electron chi connectivity index (χ4n) is 1.95. The molecule has 1 amide bonds. The van der Waals surface area contributed by atoms with Crippen LogP contribution in [0.1, 0.15) is 34.2 Å². The molecule has 0 spiro atoms. The number of aromatic carboxylic acids is 1. The van der Waals surface area contributed by atoms with E-state index in [2.05, 4.69) is 15.5 Å². The minimum absolute atomic E-state index is 0.0498. The highest BCUT2D eigenvalue weighted by atomic mass is 16.5. The molecule has 0 saturated carbocycles. The lowest BCUT2D eigenvalue weighted by molar-refractivity contribution is -0.116. The van der Waals surface area contributed by atoms with Crippen molar-refractivity contribution in [1.82, 2.24) is 19.6 Å². The van der Waals surface area contributed by atoms with Crippen molar-refractivity contribution < 1.29 is 24.2 Å². The first-order valence-electron chi connectivity index (χ1n) is 7.18. The second kappa shape index (κ2) is 7.40. The number of hydrogen-bond acceptors (Lipinski definition) is 6. The van der Waals surface area contributed by atoms with Crippen LogP contribution in [-0.4, -0.2) is 49.1 Å². The van der Waals surface area contributed by atoms with Crippen LogP contribution in [0.5, 0.6) is 0 Å². The van der Waals surface area contributed by atoms with Gasteiger partial charge in [-0.1, -0.05) is 0 Å². The predicted octanol–water partition coefficient (Wildman–Crippen LogP) is 0.520. The molecule has 10 heteroatoms. The van der Waals surface area contributed by atoms with Gasteiger partial charge < -0.3 is 15.2 Å². The lowest BCUT2D eigenvalue weighted by Gasteiger charge is -2.08. The van der Waals surface area contributed by atoms with Crippen LogP contribution in [0, 0.1) is 0 Å². The minimum Gasteiger partial charge on any atom is -0.476 e. The number of nitrogens with zero attached hydrogens (tertiary/aromatic N) is 4. The summed E-state index contributed by atoms with van der Waals surface area (Å²) in [4.78, 5) is 34.6. The molecule has 2 rings (SSSR count). The zero-order chi connectivity index (χ0) is 17.7. The van der Waals surface area contributed by atoms with Crippen LogP contribution in [0.2, 0.25) is 0 Å². The van der Waals surface area contributed by atoms with Crippen molar-refractivity contribution in [3.05, 3.63) is 29.7 Å². The highest BCUT2D eigenvalue weighted by molar-refractivity contribution is 6.00. The van der Waals surface area contributed by atoms with Crippen molar-refractivity contribution in [2.24, 2.45) is 7.05 Å². The smallest absolute Gasteiger partial charge is 0.356 e. The molecule has 0 aliphatic carbocycles. The fourth-order valence-corrected chi connectivity index (χ4v) is 1.95. The number of esters is 1. The maximum absolute atomic E-state index is 12.0. The van der Waals surface area contributed by atoms with Crippen LogP contribution >= 0.6 is 0 Å². The molecule has 10 nitrogen and oxygen atoms in total. The van der Waals surface area contributed by atoms with Gasteiger partial charge in [-0.25, -0.2) is 9.59 Å². The summed E-state index contributed by atoms with van der Waals surface area (Å²) in [7, 11) is 1.59. The molecule has 2 heterocycles. The Balaban J connectivity index is 1.98. The predicted molar refractivity (Wildman–Crippen MR) is 81.6 cm³/mol. The lowest BCUT2D eigenvalue weighted by Crippen LogP contribution is -2.19. The Morgan fingerprint density at radius 3 is 2.75 bits per heavy atom. The van der Waals surface area contributed by atoms with Gasteiger partial charge in [0.25, 0.3) is 0 Å². The monoisotopic (exact) mass is 335 g/mol. The molecule has 0 unspecified atom stereocenters. The van der Waals surface area contributed by atoms with E-state index in [1.165, 1.54) is 27.8 Å². The molecule has 0 radical (unpaired) electrons. The first kappa shape index (κ1) is 17.2. The summed E-state index contributed by atoms with van der Waals surface area (Å²) in [5, 5.41) is 19.1. The van der Waals surface area contributed by atoms with E-state index in [0.717, 1.165) is 0 Å². The van der Waals surface area contributed by atoms with Crippen molar-refractivity contribution >= 4 is 23.7 Å². The van der Waals surface area contributed by atoms with E-state index >= 15 is 0 Å². The molecule has 0 bridgehead atoms. The van der Waals surface area contributed by atoms with Gasteiger partial charge in [0.2, 0.25) is 5.91 Å². The summed E-state index contributed by atoms with van der Waals surface area (Å²) in [6.07, 6.45) is 2.85.